The predicted octanol–water partition coefficient (Wildman–Crippen LogP) is 3.38. The first-order valence-electron chi connectivity index (χ1n) is 8.71. The fraction of sp³-hybridized carbons (Fsp3) is 0.100. The molecule has 4 rings (SSSR count). The van der Waals surface area contributed by atoms with Crippen LogP contribution in [0.25, 0.3) is 22.3 Å². The number of carbonyl (C=O) groups is 1. The summed E-state index contributed by atoms with van der Waals surface area (Å²) in [4.78, 5) is 19.8. The molecule has 2 heterocycles. The molecule has 0 atom stereocenters. The highest BCUT2D eigenvalue weighted by molar-refractivity contribution is 7.99. The maximum Gasteiger partial charge on any atom is 0.345 e. The van der Waals surface area contributed by atoms with Crippen molar-refractivity contribution in [1.82, 2.24) is 24.7 Å². The van der Waals surface area contributed by atoms with E-state index in [2.05, 4.69) is 20.2 Å². The molecule has 9 heteroatoms. The molecule has 0 saturated heterocycles. The van der Waals surface area contributed by atoms with Crippen molar-refractivity contribution < 1.29 is 14.6 Å². The first-order chi connectivity index (χ1) is 14.2. The van der Waals surface area contributed by atoms with Crippen LogP contribution >= 0.6 is 11.8 Å². The number of nitrogens with zero attached hydrogens (tertiary/aromatic N) is 4. The Morgan fingerprint density at radius 3 is 2.69 bits per heavy atom. The van der Waals surface area contributed by atoms with Gasteiger partial charge in [-0.25, -0.2) is 9.78 Å². The zero-order valence-corrected chi connectivity index (χ0v) is 16.3. The number of hydrogen-bond acceptors (Lipinski definition) is 7. The summed E-state index contributed by atoms with van der Waals surface area (Å²) < 4.78 is 6.66. The van der Waals surface area contributed by atoms with Crippen molar-refractivity contribution in [3.63, 3.8) is 0 Å². The molecule has 0 saturated carbocycles. The SMILES string of the molecule is COC(=O)/C(=C(/O)CSc1nncn1-c1ccccc1)c1nc2ccccc2[nH]1. The molecular formula is C20H17N5O3S. The third-order valence-electron chi connectivity index (χ3n) is 4.19. The van der Waals surface area contributed by atoms with Crippen LogP contribution in [-0.4, -0.2) is 48.7 Å². The van der Waals surface area contributed by atoms with Gasteiger partial charge in [-0.1, -0.05) is 42.1 Å². The highest BCUT2D eigenvalue weighted by Crippen LogP contribution is 2.26. The number of H-pyrrole nitrogens is 1. The molecule has 0 bridgehead atoms. The fourth-order valence-corrected chi connectivity index (χ4v) is 3.62. The lowest BCUT2D eigenvalue weighted by Crippen LogP contribution is -2.10. The molecular weight excluding hydrogens is 390 g/mol. The van der Waals surface area contributed by atoms with Gasteiger partial charge in [0.2, 0.25) is 0 Å². The number of aromatic amines is 1. The lowest BCUT2D eigenvalue weighted by molar-refractivity contribution is -0.133. The van der Waals surface area contributed by atoms with Crippen LogP contribution in [0.3, 0.4) is 0 Å². The largest absolute Gasteiger partial charge is 0.510 e. The number of aliphatic hydroxyl groups excluding tert-OH is 1. The van der Waals surface area contributed by atoms with Crippen LogP contribution in [0.2, 0.25) is 0 Å². The van der Waals surface area contributed by atoms with E-state index in [1.54, 1.807) is 10.9 Å². The lowest BCUT2D eigenvalue weighted by Gasteiger charge is -2.08. The molecule has 29 heavy (non-hydrogen) atoms. The molecule has 0 amide bonds. The molecule has 0 fully saturated rings. The molecule has 0 radical (unpaired) electrons. The smallest absolute Gasteiger partial charge is 0.345 e. The van der Waals surface area contributed by atoms with Gasteiger partial charge in [-0.05, 0) is 24.3 Å². The minimum atomic E-state index is -0.674. The minimum Gasteiger partial charge on any atom is -0.510 e. The third-order valence-corrected chi connectivity index (χ3v) is 5.15. The number of para-hydroxylation sites is 3. The maximum absolute atomic E-state index is 12.3. The van der Waals surface area contributed by atoms with Gasteiger partial charge in [0.1, 0.15) is 23.5 Å². The van der Waals surface area contributed by atoms with Crippen LogP contribution in [0.1, 0.15) is 5.82 Å². The average Bonchev–Trinajstić information content (AvgIpc) is 3.39. The summed E-state index contributed by atoms with van der Waals surface area (Å²) in [5.41, 5.74) is 2.33. The monoisotopic (exact) mass is 407 g/mol. The molecule has 4 aromatic rings. The third kappa shape index (κ3) is 3.85. The summed E-state index contributed by atoms with van der Waals surface area (Å²) in [5, 5.41) is 19.3. The number of imidazole rings is 1. The van der Waals surface area contributed by atoms with Gasteiger partial charge in [0.25, 0.3) is 0 Å². The van der Waals surface area contributed by atoms with Crippen molar-refractivity contribution in [1.29, 1.82) is 0 Å². The summed E-state index contributed by atoms with van der Waals surface area (Å²) in [6, 6.07) is 17.0. The summed E-state index contributed by atoms with van der Waals surface area (Å²) in [5.74, 6) is -0.497. The molecule has 8 nitrogen and oxygen atoms in total. The van der Waals surface area contributed by atoms with Crippen molar-refractivity contribution in [2.75, 3.05) is 12.9 Å². The second kappa shape index (κ2) is 8.19. The number of fused-ring (bicyclic) bond motifs is 1. The Bertz CT molecular complexity index is 1150. The summed E-state index contributed by atoms with van der Waals surface area (Å²) in [7, 11) is 1.26. The topological polar surface area (TPSA) is 106 Å². The molecule has 0 aliphatic rings. The van der Waals surface area contributed by atoms with Gasteiger partial charge in [0.15, 0.2) is 5.16 Å². The van der Waals surface area contributed by atoms with E-state index in [1.807, 2.05) is 54.6 Å². The van der Waals surface area contributed by atoms with Gasteiger partial charge >= 0.3 is 5.97 Å². The van der Waals surface area contributed by atoms with Crippen LogP contribution in [0.4, 0.5) is 0 Å². The van der Waals surface area contributed by atoms with E-state index < -0.39 is 5.97 Å². The molecule has 0 aliphatic carbocycles. The number of rotatable bonds is 6. The van der Waals surface area contributed by atoms with E-state index in [1.165, 1.54) is 18.9 Å². The normalized spacial score (nSPS) is 12.0. The van der Waals surface area contributed by atoms with Crippen molar-refractivity contribution in [2.24, 2.45) is 0 Å². The molecule has 2 aromatic carbocycles. The van der Waals surface area contributed by atoms with Gasteiger partial charge in [-0.15, -0.1) is 10.2 Å². The fourth-order valence-electron chi connectivity index (χ4n) is 2.82. The van der Waals surface area contributed by atoms with E-state index in [0.717, 1.165) is 11.2 Å². The number of thioether (sulfide) groups is 1. The van der Waals surface area contributed by atoms with Crippen molar-refractivity contribution >= 4 is 34.3 Å². The Morgan fingerprint density at radius 1 is 1.17 bits per heavy atom. The first kappa shape index (κ1) is 18.8. The Balaban J connectivity index is 1.64. The Morgan fingerprint density at radius 2 is 1.93 bits per heavy atom. The molecule has 2 N–H and O–H groups in total. The molecule has 0 unspecified atom stereocenters. The highest BCUT2D eigenvalue weighted by atomic mass is 32.2. The molecule has 146 valence electrons. The second-order valence-corrected chi connectivity index (χ2v) is 6.97. The highest BCUT2D eigenvalue weighted by Gasteiger charge is 2.22. The van der Waals surface area contributed by atoms with Crippen LogP contribution in [-0.2, 0) is 9.53 Å². The number of aromatic nitrogens is 5. The number of benzene rings is 2. The first-order valence-corrected chi connectivity index (χ1v) is 9.69. The van der Waals surface area contributed by atoms with Crippen molar-refractivity contribution in [3.8, 4) is 5.69 Å². The van der Waals surface area contributed by atoms with Gasteiger partial charge in [0.05, 0.1) is 23.9 Å². The number of carbonyl (C=O) groups excluding carboxylic acids is 1. The van der Waals surface area contributed by atoms with Gasteiger partial charge in [0, 0.05) is 5.69 Å². The van der Waals surface area contributed by atoms with Gasteiger partial charge in [-0.3, -0.25) is 4.57 Å². The summed E-state index contributed by atoms with van der Waals surface area (Å²) >= 11 is 1.25. The van der Waals surface area contributed by atoms with E-state index >= 15 is 0 Å². The number of hydrogen-bond donors (Lipinski definition) is 2. The van der Waals surface area contributed by atoms with Crippen LogP contribution < -0.4 is 0 Å². The number of methoxy groups -OCH3 is 1. The summed E-state index contributed by atoms with van der Waals surface area (Å²) in [6.45, 7) is 0. The Kier molecular flexibility index (Phi) is 5.30. The minimum absolute atomic E-state index is 0.0121. The number of nitrogens with one attached hydrogen (secondary N) is 1. The predicted molar refractivity (Wildman–Crippen MR) is 110 cm³/mol. The van der Waals surface area contributed by atoms with E-state index in [4.69, 9.17) is 4.74 Å². The van der Waals surface area contributed by atoms with Crippen molar-refractivity contribution in [3.05, 3.63) is 72.5 Å². The molecule has 2 aromatic heterocycles. The number of esters is 1. The van der Waals surface area contributed by atoms with E-state index in [0.29, 0.717) is 10.7 Å². The Hall–Kier alpha value is -3.59. The zero-order chi connectivity index (χ0) is 20.2. The molecule has 0 aliphatic heterocycles. The second-order valence-electron chi connectivity index (χ2n) is 6.02. The Labute approximate surface area is 170 Å². The van der Waals surface area contributed by atoms with Crippen molar-refractivity contribution in [2.45, 2.75) is 5.16 Å². The molecule has 0 spiro atoms. The number of aliphatic hydroxyl groups is 1. The van der Waals surface area contributed by atoms with Gasteiger partial charge < -0.3 is 14.8 Å². The average molecular weight is 407 g/mol. The maximum atomic E-state index is 12.3. The van der Waals surface area contributed by atoms with Crippen LogP contribution in [0, 0.1) is 0 Å². The van der Waals surface area contributed by atoms with E-state index in [9.17, 15) is 9.90 Å². The number of ether oxygens (including phenoxy) is 1. The quantitative estimate of drug-likeness (QED) is 0.218. The van der Waals surface area contributed by atoms with Gasteiger partial charge in [-0.2, -0.15) is 0 Å². The summed E-state index contributed by atoms with van der Waals surface area (Å²) in [6.07, 6.45) is 1.60. The standard InChI is InChI=1S/C20H17N5O3S/c1-28-19(27)17(18-22-14-9-5-6-10-15(14)23-18)16(26)11-29-20-24-21-12-25(20)13-7-3-2-4-8-13/h2-10,12,26H,11H2,1H3,(H,22,23)/b17-16+. The van der Waals surface area contributed by atoms with E-state index in [-0.39, 0.29) is 22.9 Å². The van der Waals surface area contributed by atoms with Crippen LogP contribution in [0.5, 0.6) is 0 Å². The zero-order valence-electron chi connectivity index (χ0n) is 15.4. The van der Waals surface area contributed by atoms with Crippen LogP contribution in [0.15, 0.2) is 71.8 Å². The lowest BCUT2D eigenvalue weighted by atomic mass is 10.2.